The van der Waals surface area contributed by atoms with Gasteiger partial charge in [-0.25, -0.2) is 0 Å². The lowest BCUT2D eigenvalue weighted by molar-refractivity contribution is -0.111. The summed E-state index contributed by atoms with van der Waals surface area (Å²) in [5.74, 6) is 0. The van der Waals surface area contributed by atoms with Gasteiger partial charge in [-0.3, -0.25) is 4.79 Å². The van der Waals surface area contributed by atoms with Gasteiger partial charge in [-0.15, -0.1) is 0 Å². The van der Waals surface area contributed by atoms with Crippen LogP contribution in [0.15, 0.2) is 18.2 Å². The third kappa shape index (κ3) is 2.16. The lowest BCUT2D eigenvalue weighted by Crippen LogP contribution is -2.04. The predicted molar refractivity (Wildman–Crippen MR) is 57.6 cm³/mol. The van der Waals surface area contributed by atoms with E-state index in [0.717, 1.165) is 12.0 Å². The maximum absolute atomic E-state index is 10.7. The highest BCUT2D eigenvalue weighted by Crippen LogP contribution is 2.22. The van der Waals surface area contributed by atoms with E-state index in [4.69, 9.17) is 11.6 Å². The number of carbonyl (C=O) groups is 1. The highest BCUT2D eigenvalue weighted by atomic mass is 35.5. The summed E-state index contributed by atoms with van der Waals surface area (Å²) in [5.41, 5.74) is 3.90. The van der Waals surface area contributed by atoms with Crippen LogP contribution in [-0.4, -0.2) is 5.24 Å². The van der Waals surface area contributed by atoms with Crippen LogP contribution >= 0.6 is 11.6 Å². The van der Waals surface area contributed by atoms with Crippen molar-refractivity contribution in [2.24, 2.45) is 0 Å². The van der Waals surface area contributed by atoms with Crippen molar-refractivity contribution in [2.75, 3.05) is 0 Å². The van der Waals surface area contributed by atoms with E-state index in [0.29, 0.717) is 6.42 Å². The smallest absolute Gasteiger partial charge is 0.226 e. The molecule has 1 aliphatic rings. The van der Waals surface area contributed by atoms with Crippen LogP contribution in [0.3, 0.4) is 0 Å². The van der Waals surface area contributed by atoms with Crippen LogP contribution < -0.4 is 0 Å². The Bertz CT molecular complexity index is 357. The molecule has 0 saturated carbocycles. The largest absolute Gasteiger partial charge is 0.281 e. The topological polar surface area (TPSA) is 17.1 Å². The lowest BCUT2D eigenvalue weighted by atomic mass is 9.90. The van der Waals surface area contributed by atoms with E-state index in [9.17, 15) is 4.79 Å². The molecule has 0 amide bonds. The first-order chi connectivity index (χ1) is 6.75. The first-order valence-corrected chi connectivity index (χ1v) is 5.42. The first kappa shape index (κ1) is 9.72. The standard InChI is InChI=1S/C12H13ClO/c13-12(14)8-9-5-6-10-3-1-2-4-11(10)7-9/h5-7H,1-4,8H2. The van der Waals surface area contributed by atoms with Crippen molar-refractivity contribution in [1.82, 2.24) is 0 Å². The molecule has 2 heteroatoms. The third-order valence-electron chi connectivity index (χ3n) is 2.76. The Labute approximate surface area is 89.1 Å². The van der Waals surface area contributed by atoms with Crippen molar-refractivity contribution in [2.45, 2.75) is 32.1 Å². The molecule has 1 aromatic rings. The normalized spacial score (nSPS) is 14.9. The van der Waals surface area contributed by atoms with Gasteiger partial charge in [0.2, 0.25) is 5.24 Å². The fourth-order valence-electron chi connectivity index (χ4n) is 2.06. The fraction of sp³-hybridized carbons (Fsp3) is 0.417. The van der Waals surface area contributed by atoms with Gasteiger partial charge in [0.25, 0.3) is 0 Å². The summed E-state index contributed by atoms with van der Waals surface area (Å²) in [7, 11) is 0. The van der Waals surface area contributed by atoms with Crippen molar-refractivity contribution < 1.29 is 4.79 Å². The average molecular weight is 209 g/mol. The van der Waals surface area contributed by atoms with Crippen LogP contribution in [0.25, 0.3) is 0 Å². The number of benzene rings is 1. The molecule has 0 unspecified atom stereocenters. The molecule has 2 rings (SSSR count). The second kappa shape index (κ2) is 4.14. The number of hydrogen-bond acceptors (Lipinski definition) is 1. The number of hydrogen-bond donors (Lipinski definition) is 0. The summed E-state index contributed by atoms with van der Waals surface area (Å²) in [6.07, 6.45) is 5.25. The summed E-state index contributed by atoms with van der Waals surface area (Å²) in [6.45, 7) is 0. The highest BCUT2D eigenvalue weighted by molar-refractivity contribution is 6.63. The van der Waals surface area contributed by atoms with E-state index in [1.165, 1.54) is 30.4 Å². The Morgan fingerprint density at radius 3 is 2.64 bits per heavy atom. The number of aryl methyl sites for hydroxylation is 2. The van der Waals surface area contributed by atoms with Gasteiger partial charge in [0.1, 0.15) is 0 Å². The van der Waals surface area contributed by atoms with Crippen LogP contribution in [0.2, 0.25) is 0 Å². The lowest BCUT2D eigenvalue weighted by Gasteiger charge is -2.16. The quantitative estimate of drug-likeness (QED) is 0.684. The molecule has 1 aromatic carbocycles. The molecule has 0 spiro atoms. The molecule has 14 heavy (non-hydrogen) atoms. The summed E-state index contributed by atoms with van der Waals surface area (Å²) in [6, 6.07) is 6.29. The molecule has 0 N–H and O–H groups in total. The SMILES string of the molecule is O=C(Cl)Cc1ccc2c(c1)CCCC2. The second-order valence-electron chi connectivity index (χ2n) is 3.84. The van der Waals surface area contributed by atoms with Crippen LogP contribution in [0, 0.1) is 0 Å². The van der Waals surface area contributed by atoms with E-state index in [1.807, 2.05) is 6.07 Å². The van der Waals surface area contributed by atoms with E-state index >= 15 is 0 Å². The van der Waals surface area contributed by atoms with Gasteiger partial charge in [-0.2, -0.15) is 0 Å². The molecule has 1 aliphatic carbocycles. The predicted octanol–water partition coefficient (Wildman–Crippen LogP) is 2.87. The van der Waals surface area contributed by atoms with Gasteiger partial charge in [-0.05, 0) is 54.0 Å². The number of rotatable bonds is 2. The second-order valence-corrected chi connectivity index (χ2v) is 4.26. The molecule has 1 nitrogen and oxygen atoms in total. The molecular weight excluding hydrogens is 196 g/mol. The fourth-order valence-corrected chi connectivity index (χ4v) is 2.21. The minimum Gasteiger partial charge on any atom is -0.281 e. The Morgan fingerprint density at radius 2 is 1.93 bits per heavy atom. The monoisotopic (exact) mass is 208 g/mol. The van der Waals surface area contributed by atoms with E-state index < -0.39 is 0 Å². The molecule has 0 radical (unpaired) electrons. The molecular formula is C12H13ClO. The molecule has 0 fully saturated rings. The molecule has 0 atom stereocenters. The van der Waals surface area contributed by atoms with E-state index in [1.54, 1.807) is 0 Å². The summed E-state index contributed by atoms with van der Waals surface area (Å²) < 4.78 is 0. The van der Waals surface area contributed by atoms with E-state index in [-0.39, 0.29) is 5.24 Å². The van der Waals surface area contributed by atoms with Crippen LogP contribution in [0.1, 0.15) is 29.5 Å². The summed E-state index contributed by atoms with van der Waals surface area (Å²) in [4.78, 5) is 10.7. The maximum Gasteiger partial charge on any atom is 0.226 e. The number of halogens is 1. The van der Waals surface area contributed by atoms with Crippen molar-refractivity contribution in [1.29, 1.82) is 0 Å². The van der Waals surface area contributed by atoms with Gasteiger partial charge in [0.05, 0.1) is 0 Å². The first-order valence-electron chi connectivity index (χ1n) is 5.05. The Morgan fingerprint density at radius 1 is 1.21 bits per heavy atom. The summed E-state index contributed by atoms with van der Waals surface area (Å²) >= 11 is 5.36. The van der Waals surface area contributed by atoms with Gasteiger partial charge >= 0.3 is 0 Å². The number of carbonyl (C=O) groups excluding carboxylic acids is 1. The van der Waals surface area contributed by atoms with Crippen molar-refractivity contribution in [3.05, 3.63) is 34.9 Å². The zero-order chi connectivity index (χ0) is 9.97. The Balaban J connectivity index is 2.24. The van der Waals surface area contributed by atoms with Crippen LogP contribution in [0.4, 0.5) is 0 Å². The van der Waals surface area contributed by atoms with Gasteiger partial charge in [-0.1, -0.05) is 18.2 Å². The molecule has 0 bridgehead atoms. The maximum atomic E-state index is 10.7. The van der Waals surface area contributed by atoms with Crippen molar-refractivity contribution in [3.8, 4) is 0 Å². The molecule has 0 saturated heterocycles. The van der Waals surface area contributed by atoms with Crippen molar-refractivity contribution >= 4 is 16.8 Å². The van der Waals surface area contributed by atoms with Gasteiger partial charge in [0, 0.05) is 6.42 Å². The van der Waals surface area contributed by atoms with Crippen LogP contribution in [0.5, 0.6) is 0 Å². The average Bonchev–Trinajstić information content (AvgIpc) is 2.17. The molecule has 0 heterocycles. The van der Waals surface area contributed by atoms with Gasteiger partial charge < -0.3 is 0 Å². The minimum atomic E-state index is -0.277. The van der Waals surface area contributed by atoms with Crippen LogP contribution in [-0.2, 0) is 24.1 Å². The third-order valence-corrected chi connectivity index (χ3v) is 2.89. The van der Waals surface area contributed by atoms with Crippen molar-refractivity contribution in [3.63, 3.8) is 0 Å². The zero-order valence-corrected chi connectivity index (χ0v) is 8.81. The molecule has 0 aromatic heterocycles. The molecule has 0 aliphatic heterocycles. The molecule has 74 valence electrons. The van der Waals surface area contributed by atoms with Gasteiger partial charge in [0.15, 0.2) is 0 Å². The Hall–Kier alpha value is -0.820. The number of fused-ring (bicyclic) bond motifs is 1. The zero-order valence-electron chi connectivity index (χ0n) is 8.05. The Kier molecular flexibility index (Phi) is 2.87. The van der Waals surface area contributed by atoms with E-state index in [2.05, 4.69) is 12.1 Å². The highest BCUT2D eigenvalue weighted by Gasteiger charge is 2.10. The summed E-state index contributed by atoms with van der Waals surface area (Å²) in [5, 5.41) is -0.277. The minimum absolute atomic E-state index is 0.277.